The summed E-state index contributed by atoms with van der Waals surface area (Å²) in [5.41, 5.74) is 3.79. The van der Waals surface area contributed by atoms with E-state index in [1.165, 1.54) is 23.8 Å². The molecule has 0 radical (unpaired) electrons. The van der Waals surface area contributed by atoms with Crippen molar-refractivity contribution in [2.24, 2.45) is 5.41 Å². The van der Waals surface area contributed by atoms with Crippen LogP contribution in [-0.4, -0.2) is 25.8 Å². The smallest absolute Gasteiger partial charge is 0.261 e. The summed E-state index contributed by atoms with van der Waals surface area (Å²) in [6.07, 6.45) is 1.08. The third-order valence-electron chi connectivity index (χ3n) is 7.04. The van der Waals surface area contributed by atoms with E-state index in [-0.39, 0.29) is 33.7 Å². The van der Waals surface area contributed by atoms with Crippen molar-refractivity contribution in [1.29, 1.82) is 0 Å². The zero-order valence-corrected chi connectivity index (χ0v) is 25.0. The van der Waals surface area contributed by atoms with Crippen molar-refractivity contribution in [2.45, 2.75) is 77.8 Å². The Morgan fingerprint density at radius 3 is 2.23 bits per heavy atom. The van der Waals surface area contributed by atoms with E-state index in [9.17, 15) is 17.6 Å². The number of ether oxygens (including phenoxy) is 1. The SMILES string of the molecule is CC(C)(C)CCOc1ccc(NS(=O)(=O)c2ccc3c(c2)CN(C(=O)Cc2ccc(C(C)(C)C)cc2)C3)c(F)c1. The van der Waals surface area contributed by atoms with Crippen LogP contribution in [0.1, 0.15) is 70.2 Å². The van der Waals surface area contributed by atoms with Gasteiger partial charge in [0.05, 0.1) is 23.6 Å². The van der Waals surface area contributed by atoms with Crippen LogP contribution in [-0.2, 0) is 39.7 Å². The number of carbonyl (C=O) groups is 1. The highest BCUT2D eigenvalue weighted by atomic mass is 32.2. The van der Waals surface area contributed by atoms with E-state index in [1.54, 1.807) is 23.1 Å². The number of fused-ring (bicyclic) bond motifs is 1. The van der Waals surface area contributed by atoms with E-state index in [2.05, 4.69) is 58.4 Å². The number of anilines is 1. The Hall–Kier alpha value is -3.39. The molecular weight excluding hydrogens is 527 g/mol. The van der Waals surface area contributed by atoms with Crippen LogP contribution in [0.4, 0.5) is 10.1 Å². The van der Waals surface area contributed by atoms with Crippen molar-refractivity contribution in [2.75, 3.05) is 11.3 Å². The van der Waals surface area contributed by atoms with Crippen molar-refractivity contribution in [1.82, 2.24) is 4.90 Å². The summed E-state index contributed by atoms with van der Waals surface area (Å²) in [5.74, 6) is -0.392. The van der Waals surface area contributed by atoms with Crippen LogP contribution in [0.25, 0.3) is 0 Å². The number of benzene rings is 3. The summed E-state index contributed by atoms with van der Waals surface area (Å²) in [5, 5.41) is 0. The number of rotatable bonds is 8. The highest BCUT2D eigenvalue weighted by Crippen LogP contribution is 2.29. The third-order valence-corrected chi connectivity index (χ3v) is 8.41. The number of hydrogen-bond acceptors (Lipinski definition) is 4. The second kappa shape index (κ2) is 11.2. The van der Waals surface area contributed by atoms with E-state index in [1.807, 2.05) is 12.1 Å². The first-order chi connectivity index (χ1) is 18.6. The van der Waals surface area contributed by atoms with E-state index in [4.69, 9.17) is 4.74 Å². The first-order valence-electron chi connectivity index (χ1n) is 13.5. The minimum Gasteiger partial charge on any atom is -0.493 e. The molecule has 0 fully saturated rings. The van der Waals surface area contributed by atoms with Crippen LogP contribution in [0.5, 0.6) is 5.75 Å². The summed E-state index contributed by atoms with van der Waals surface area (Å²) >= 11 is 0. The number of amides is 1. The molecule has 1 aliphatic rings. The molecule has 0 saturated heterocycles. The van der Waals surface area contributed by atoms with Gasteiger partial charge in [-0.2, -0.15) is 0 Å². The first-order valence-corrected chi connectivity index (χ1v) is 15.0. The number of carbonyl (C=O) groups excluding carboxylic acids is 1. The van der Waals surface area contributed by atoms with Crippen LogP contribution in [0.3, 0.4) is 0 Å². The van der Waals surface area contributed by atoms with Gasteiger partial charge in [0.2, 0.25) is 5.91 Å². The average molecular weight is 567 g/mol. The molecule has 0 saturated carbocycles. The molecule has 0 spiro atoms. The second-order valence-corrected chi connectivity index (χ2v) is 14.4. The Morgan fingerprint density at radius 2 is 1.60 bits per heavy atom. The first kappa shape index (κ1) is 29.6. The van der Waals surface area contributed by atoms with Crippen LogP contribution < -0.4 is 9.46 Å². The van der Waals surface area contributed by atoms with Gasteiger partial charge < -0.3 is 9.64 Å². The van der Waals surface area contributed by atoms with Gasteiger partial charge in [0.25, 0.3) is 10.0 Å². The minimum atomic E-state index is -4.04. The quantitative estimate of drug-likeness (QED) is 0.325. The fourth-order valence-corrected chi connectivity index (χ4v) is 5.59. The molecule has 214 valence electrons. The van der Waals surface area contributed by atoms with Crippen molar-refractivity contribution in [3.63, 3.8) is 0 Å². The van der Waals surface area contributed by atoms with Crippen molar-refractivity contribution < 1.29 is 22.3 Å². The predicted molar refractivity (Wildman–Crippen MR) is 156 cm³/mol. The van der Waals surface area contributed by atoms with Gasteiger partial charge in [0.15, 0.2) is 5.82 Å². The lowest BCUT2D eigenvalue weighted by atomic mass is 9.86. The molecule has 8 heteroatoms. The number of nitrogens with zero attached hydrogens (tertiary/aromatic N) is 1. The summed E-state index contributed by atoms with van der Waals surface area (Å²) in [4.78, 5) is 14.8. The molecule has 1 heterocycles. The summed E-state index contributed by atoms with van der Waals surface area (Å²) < 4.78 is 48.9. The van der Waals surface area contributed by atoms with Gasteiger partial charge in [0, 0.05) is 19.2 Å². The van der Waals surface area contributed by atoms with Crippen LogP contribution in [0, 0.1) is 11.2 Å². The number of halogens is 1. The standard InChI is InChI=1S/C32H39FN2O4S/c1-31(2,3)15-16-39-26-12-14-29(28(33)19-26)34-40(37,38)27-13-9-23-20-35(21-24(23)18-27)30(36)17-22-7-10-25(11-8-22)32(4,5)6/h7-14,18-19,34H,15-17,20-21H2,1-6H3. The lowest BCUT2D eigenvalue weighted by molar-refractivity contribution is -0.131. The van der Waals surface area contributed by atoms with Gasteiger partial charge in [-0.1, -0.05) is 71.9 Å². The molecule has 3 aromatic carbocycles. The van der Waals surface area contributed by atoms with Gasteiger partial charge in [-0.05, 0) is 63.8 Å². The Kier molecular flexibility index (Phi) is 8.31. The Morgan fingerprint density at radius 1 is 0.925 bits per heavy atom. The molecule has 0 aromatic heterocycles. The van der Waals surface area contributed by atoms with E-state index >= 15 is 0 Å². The average Bonchev–Trinajstić information content (AvgIpc) is 3.28. The molecule has 0 atom stereocenters. The lowest BCUT2D eigenvalue weighted by Gasteiger charge is -2.19. The highest BCUT2D eigenvalue weighted by molar-refractivity contribution is 7.92. The molecule has 1 amide bonds. The van der Waals surface area contributed by atoms with Gasteiger partial charge in [-0.3, -0.25) is 9.52 Å². The largest absolute Gasteiger partial charge is 0.493 e. The number of hydrogen-bond donors (Lipinski definition) is 1. The third kappa shape index (κ3) is 7.42. The van der Waals surface area contributed by atoms with Gasteiger partial charge in [-0.25, -0.2) is 12.8 Å². The van der Waals surface area contributed by atoms with Crippen molar-refractivity contribution in [3.8, 4) is 5.75 Å². The van der Waals surface area contributed by atoms with Crippen LogP contribution in [0.2, 0.25) is 0 Å². The van der Waals surface area contributed by atoms with Gasteiger partial charge >= 0.3 is 0 Å². The fraction of sp³-hybridized carbons (Fsp3) is 0.406. The maximum atomic E-state index is 14.7. The number of sulfonamides is 1. The zero-order valence-electron chi connectivity index (χ0n) is 24.2. The summed E-state index contributed by atoms with van der Waals surface area (Å²) in [7, 11) is -4.04. The molecule has 1 N–H and O–H groups in total. The Balaban J connectivity index is 1.39. The Labute approximate surface area is 237 Å². The van der Waals surface area contributed by atoms with E-state index in [0.717, 1.165) is 23.1 Å². The minimum absolute atomic E-state index is 0.0169. The molecule has 0 unspecified atom stereocenters. The Bertz CT molecular complexity index is 1490. The maximum Gasteiger partial charge on any atom is 0.261 e. The van der Waals surface area contributed by atoms with Gasteiger partial charge in [-0.15, -0.1) is 0 Å². The van der Waals surface area contributed by atoms with E-state index < -0.39 is 15.8 Å². The molecular formula is C32H39FN2O4S. The highest BCUT2D eigenvalue weighted by Gasteiger charge is 2.26. The molecule has 4 rings (SSSR count). The van der Waals surface area contributed by atoms with Crippen LogP contribution >= 0.6 is 0 Å². The summed E-state index contributed by atoms with van der Waals surface area (Å²) in [6.45, 7) is 13.9. The van der Waals surface area contributed by atoms with Crippen molar-refractivity contribution in [3.05, 3.63) is 88.7 Å². The molecule has 0 aliphatic carbocycles. The van der Waals surface area contributed by atoms with E-state index in [0.29, 0.717) is 25.4 Å². The maximum absolute atomic E-state index is 14.7. The van der Waals surface area contributed by atoms with Gasteiger partial charge in [0.1, 0.15) is 5.75 Å². The summed E-state index contributed by atoms with van der Waals surface area (Å²) in [6, 6.07) is 17.0. The normalized spacial score (nSPS) is 13.7. The lowest BCUT2D eigenvalue weighted by Crippen LogP contribution is -2.26. The molecule has 6 nitrogen and oxygen atoms in total. The fourth-order valence-electron chi connectivity index (χ4n) is 4.47. The monoisotopic (exact) mass is 566 g/mol. The second-order valence-electron chi connectivity index (χ2n) is 12.7. The molecule has 40 heavy (non-hydrogen) atoms. The predicted octanol–water partition coefficient (Wildman–Crippen LogP) is 6.82. The molecule has 1 aliphatic heterocycles. The molecule has 3 aromatic rings. The molecule has 0 bridgehead atoms. The number of nitrogens with one attached hydrogen (secondary N) is 1. The van der Waals surface area contributed by atoms with Crippen LogP contribution in [0.15, 0.2) is 65.6 Å². The van der Waals surface area contributed by atoms with Crippen molar-refractivity contribution >= 4 is 21.6 Å². The zero-order chi connectivity index (χ0) is 29.3. The topological polar surface area (TPSA) is 75.7 Å².